The van der Waals surface area contributed by atoms with Crippen LogP contribution >= 0.6 is 0 Å². The van der Waals surface area contributed by atoms with Crippen molar-refractivity contribution < 1.29 is 14.3 Å². The molecule has 8 heteroatoms. The van der Waals surface area contributed by atoms with Gasteiger partial charge in [0.25, 0.3) is 11.8 Å². The van der Waals surface area contributed by atoms with Crippen molar-refractivity contribution >= 4 is 11.8 Å². The van der Waals surface area contributed by atoms with Gasteiger partial charge in [0.1, 0.15) is 11.4 Å². The van der Waals surface area contributed by atoms with E-state index in [1.165, 1.54) is 0 Å². The average molecular weight is 397 g/mol. The van der Waals surface area contributed by atoms with E-state index in [0.717, 1.165) is 37.4 Å². The summed E-state index contributed by atoms with van der Waals surface area (Å²) in [6.07, 6.45) is 2.83. The van der Waals surface area contributed by atoms with Gasteiger partial charge in [0.15, 0.2) is 5.82 Å². The molecule has 1 aromatic carbocycles. The van der Waals surface area contributed by atoms with E-state index in [1.54, 1.807) is 17.9 Å². The van der Waals surface area contributed by atoms with Crippen LogP contribution in [0.2, 0.25) is 0 Å². The Morgan fingerprint density at radius 3 is 2.59 bits per heavy atom. The van der Waals surface area contributed by atoms with Gasteiger partial charge in [-0.15, -0.1) is 0 Å². The quantitative estimate of drug-likeness (QED) is 0.828. The summed E-state index contributed by atoms with van der Waals surface area (Å²) >= 11 is 0. The van der Waals surface area contributed by atoms with Crippen molar-refractivity contribution in [3.05, 3.63) is 47.5 Å². The van der Waals surface area contributed by atoms with Gasteiger partial charge in [-0.2, -0.15) is 0 Å². The van der Waals surface area contributed by atoms with Gasteiger partial charge in [-0.3, -0.25) is 14.5 Å². The van der Waals surface area contributed by atoms with Gasteiger partial charge in [0.2, 0.25) is 0 Å². The van der Waals surface area contributed by atoms with Crippen molar-refractivity contribution in [3.8, 4) is 5.75 Å². The van der Waals surface area contributed by atoms with Crippen molar-refractivity contribution in [3.63, 3.8) is 0 Å². The van der Waals surface area contributed by atoms with E-state index in [4.69, 9.17) is 4.74 Å². The SMILES string of the molecule is CCCN1CCN(C(=O)c2cn3c(n2)C(=O)NC(c2ccc(OC)cc2)C3)CC1. The summed E-state index contributed by atoms with van der Waals surface area (Å²) in [6.45, 7) is 6.92. The van der Waals surface area contributed by atoms with Crippen LogP contribution in [0.4, 0.5) is 0 Å². The van der Waals surface area contributed by atoms with Crippen LogP contribution in [-0.4, -0.2) is 71.0 Å². The first-order valence-electron chi connectivity index (χ1n) is 10.1. The maximum absolute atomic E-state index is 12.9. The molecule has 1 unspecified atom stereocenters. The number of imidazole rings is 1. The van der Waals surface area contributed by atoms with Gasteiger partial charge in [0, 0.05) is 38.9 Å². The molecule has 1 saturated heterocycles. The monoisotopic (exact) mass is 397 g/mol. The molecule has 2 amide bonds. The highest BCUT2D eigenvalue weighted by molar-refractivity contribution is 5.96. The fourth-order valence-electron chi connectivity index (χ4n) is 3.98. The van der Waals surface area contributed by atoms with Crippen LogP contribution < -0.4 is 10.1 Å². The third-order valence-corrected chi connectivity index (χ3v) is 5.60. The Balaban J connectivity index is 1.47. The molecule has 2 aromatic rings. The molecule has 1 atom stereocenters. The lowest BCUT2D eigenvalue weighted by atomic mass is 10.1. The molecule has 0 saturated carbocycles. The lowest BCUT2D eigenvalue weighted by Crippen LogP contribution is -2.48. The van der Waals surface area contributed by atoms with Gasteiger partial charge >= 0.3 is 0 Å². The lowest BCUT2D eigenvalue weighted by molar-refractivity contribution is 0.0632. The Hall–Kier alpha value is -2.87. The number of hydrogen-bond acceptors (Lipinski definition) is 5. The van der Waals surface area contributed by atoms with Crippen molar-refractivity contribution in [2.75, 3.05) is 39.8 Å². The molecule has 154 valence electrons. The lowest BCUT2D eigenvalue weighted by Gasteiger charge is -2.34. The Morgan fingerprint density at radius 1 is 1.21 bits per heavy atom. The molecule has 8 nitrogen and oxygen atoms in total. The molecular weight excluding hydrogens is 370 g/mol. The Labute approximate surface area is 170 Å². The van der Waals surface area contributed by atoms with Crippen LogP contribution in [0.25, 0.3) is 0 Å². The van der Waals surface area contributed by atoms with Crippen LogP contribution in [0, 0.1) is 0 Å². The molecule has 0 spiro atoms. The summed E-state index contributed by atoms with van der Waals surface area (Å²) in [6, 6.07) is 7.45. The second kappa shape index (κ2) is 8.24. The molecule has 3 heterocycles. The number of carbonyl (C=O) groups is 2. The number of hydrogen-bond donors (Lipinski definition) is 1. The molecule has 1 fully saturated rings. The van der Waals surface area contributed by atoms with Crippen LogP contribution in [0.5, 0.6) is 5.75 Å². The first-order valence-corrected chi connectivity index (χ1v) is 10.1. The van der Waals surface area contributed by atoms with Gasteiger partial charge in [-0.1, -0.05) is 19.1 Å². The second-order valence-corrected chi connectivity index (χ2v) is 7.54. The molecular formula is C21H27N5O3. The molecule has 0 bridgehead atoms. The fraction of sp³-hybridized carbons (Fsp3) is 0.476. The largest absolute Gasteiger partial charge is 0.497 e. The van der Waals surface area contributed by atoms with Gasteiger partial charge in [0.05, 0.1) is 13.2 Å². The number of aromatic nitrogens is 2. The number of ether oxygens (including phenoxy) is 1. The van der Waals surface area contributed by atoms with E-state index in [-0.39, 0.29) is 17.9 Å². The van der Waals surface area contributed by atoms with Crippen molar-refractivity contribution in [1.82, 2.24) is 24.7 Å². The van der Waals surface area contributed by atoms with Crippen molar-refractivity contribution in [2.45, 2.75) is 25.9 Å². The average Bonchev–Trinajstić information content (AvgIpc) is 3.19. The van der Waals surface area contributed by atoms with Crippen LogP contribution in [0.1, 0.15) is 46.1 Å². The summed E-state index contributed by atoms with van der Waals surface area (Å²) in [5, 5.41) is 2.98. The van der Waals surface area contributed by atoms with Gasteiger partial charge < -0.3 is 19.5 Å². The molecule has 0 aliphatic carbocycles. The predicted molar refractivity (Wildman–Crippen MR) is 108 cm³/mol. The zero-order valence-electron chi connectivity index (χ0n) is 16.9. The molecule has 0 radical (unpaired) electrons. The summed E-state index contributed by atoms with van der Waals surface area (Å²) < 4.78 is 6.98. The van der Waals surface area contributed by atoms with E-state index in [2.05, 4.69) is 22.1 Å². The van der Waals surface area contributed by atoms with E-state index in [0.29, 0.717) is 31.2 Å². The predicted octanol–water partition coefficient (Wildman–Crippen LogP) is 1.54. The number of methoxy groups -OCH3 is 1. The van der Waals surface area contributed by atoms with E-state index in [1.807, 2.05) is 29.2 Å². The molecule has 1 N–H and O–H groups in total. The van der Waals surface area contributed by atoms with E-state index < -0.39 is 0 Å². The Kier molecular flexibility index (Phi) is 5.53. The zero-order valence-corrected chi connectivity index (χ0v) is 16.9. The second-order valence-electron chi connectivity index (χ2n) is 7.54. The molecule has 29 heavy (non-hydrogen) atoms. The number of piperazine rings is 1. The molecule has 2 aliphatic heterocycles. The summed E-state index contributed by atoms with van der Waals surface area (Å²) in [7, 11) is 1.62. The minimum absolute atomic E-state index is 0.100. The fourth-order valence-corrected chi connectivity index (χ4v) is 3.98. The number of benzene rings is 1. The number of fused-ring (bicyclic) bond motifs is 1. The number of nitrogens with zero attached hydrogens (tertiary/aromatic N) is 4. The Morgan fingerprint density at radius 2 is 1.93 bits per heavy atom. The topological polar surface area (TPSA) is 79.7 Å². The number of carbonyl (C=O) groups excluding carboxylic acids is 2. The standard InChI is InChI=1S/C21H27N5O3/c1-3-8-24-9-11-25(12-10-24)21(28)18-14-26-13-17(23-20(27)19(26)22-18)15-4-6-16(29-2)7-5-15/h4-7,14,17H,3,8-13H2,1-2H3,(H,23,27). The first-order chi connectivity index (χ1) is 14.1. The first kappa shape index (κ1) is 19.4. The number of rotatable bonds is 5. The maximum atomic E-state index is 12.9. The smallest absolute Gasteiger partial charge is 0.287 e. The zero-order chi connectivity index (χ0) is 20.4. The highest BCUT2D eigenvalue weighted by Crippen LogP contribution is 2.24. The van der Waals surface area contributed by atoms with Crippen LogP contribution in [0.15, 0.2) is 30.5 Å². The minimum atomic E-state index is -0.260. The molecule has 2 aliphatic rings. The van der Waals surface area contributed by atoms with Crippen LogP contribution in [-0.2, 0) is 6.54 Å². The maximum Gasteiger partial charge on any atom is 0.287 e. The third kappa shape index (κ3) is 3.98. The van der Waals surface area contributed by atoms with Crippen molar-refractivity contribution in [2.24, 2.45) is 0 Å². The highest BCUT2D eigenvalue weighted by atomic mass is 16.5. The summed E-state index contributed by atoms with van der Waals surface area (Å²) in [5.74, 6) is 0.703. The summed E-state index contributed by atoms with van der Waals surface area (Å²) in [5.41, 5.74) is 1.33. The van der Waals surface area contributed by atoms with Crippen LogP contribution in [0.3, 0.4) is 0 Å². The van der Waals surface area contributed by atoms with Gasteiger partial charge in [-0.05, 0) is 30.7 Å². The highest BCUT2D eigenvalue weighted by Gasteiger charge is 2.30. The Bertz CT molecular complexity index is 884. The normalized spacial score (nSPS) is 19.6. The van der Waals surface area contributed by atoms with E-state index >= 15 is 0 Å². The minimum Gasteiger partial charge on any atom is -0.497 e. The number of amides is 2. The molecule has 1 aromatic heterocycles. The number of nitrogens with one attached hydrogen (secondary N) is 1. The van der Waals surface area contributed by atoms with E-state index in [9.17, 15) is 9.59 Å². The van der Waals surface area contributed by atoms with Gasteiger partial charge in [-0.25, -0.2) is 4.98 Å². The molecule has 4 rings (SSSR count). The third-order valence-electron chi connectivity index (χ3n) is 5.60. The summed E-state index contributed by atoms with van der Waals surface area (Å²) in [4.78, 5) is 34.0. The van der Waals surface area contributed by atoms with Crippen molar-refractivity contribution in [1.29, 1.82) is 0 Å².